The zero-order valence-corrected chi connectivity index (χ0v) is 16.4. The summed E-state index contributed by atoms with van der Waals surface area (Å²) in [5, 5.41) is 3.40. The first-order chi connectivity index (χ1) is 11.9. The summed E-state index contributed by atoms with van der Waals surface area (Å²) < 4.78 is 0.957. The average molecular weight is 438 g/mol. The van der Waals surface area contributed by atoms with Crippen LogP contribution in [-0.2, 0) is 4.79 Å². The molecule has 0 aromatic heterocycles. The van der Waals surface area contributed by atoms with Crippen molar-refractivity contribution in [1.29, 1.82) is 0 Å². The zero-order chi connectivity index (χ0) is 18.0. The Hall–Kier alpha value is -1.76. The smallest absolute Gasteiger partial charge is 0.295 e. The van der Waals surface area contributed by atoms with E-state index in [9.17, 15) is 9.59 Å². The molecule has 128 valence electrons. The molecule has 1 N–H and O–H groups in total. The van der Waals surface area contributed by atoms with E-state index in [4.69, 9.17) is 11.6 Å². The Morgan fingerprint density at radius 2 is 1.92 bits per heavy atom. The summed E-state index contributed by atoms with van der Waals surface area (Å²) in [5.41, 5.74) is 2.59. The molecule has 0 unspecified atom stereocenters. The first kappa shape index (κ1) is 18.0. The second-order valence-electron chi connectivity index (χ2n) is 5.46. The zero-order valence-electron chi connectivity index (χ0n) is 13.3. The number of hydrogen-bond acceptors (Lipinski definition) is 4. The molecule has 2 aromatic carbocycles. The molecule has 2 aromatic rings. The molecule has 1 saturated heterocycles. The lowest BCUT2D eigenvalue weighted by atomic mass is 10.2. The van der Waals surface area contributed by atoms with Crippen molar-refractivity contribution in [2.24, 2.45) is 0 Å². The van der Waals surface area contributed by atoms with Crippen LogP contribution in [0.25, 0.3) is 6.08 Å². The Morgan fingerprint density at radius 1 is 1.20 bits per heavy atom. The molecule has 0 saturated carbocycles. The average Bonchev–Trinajstić information content (AvgIpc) is 2.84. The molecular formula is C18H14BrClN2O2S. The summed E-state index contributed by atoms with van der Waals surface area (Å²) >= 11 is 10.4. The van der Waals surface area contributed by atoms with Crippen LogP contribution in [0.5, 0.6) is 0 Å². The third-order valence-corrected chi connectivity index (χ3v) is 5.50. The van der Waals surface area contributed by atoms with Crippen LogP contribution in [0.1, 0.15) is 11.1 Å². The first-order valence-electron chi connectivity index (χ1n) is 7.45. The van der Waals surface area contributed by atoms with E-state index < -0.39 is 0 Å². The fourth-order valence-corrected chi connectivity index (χ4v) is 3.50. The van der Waals surface area contributed by atoms with Gasteiger partial charge in [-0.3, -0.25) is 14.5 Å². The van der Waals surface area contributed by atoms with E-state index in [1.54, 1.807) is 12.1 Å². The summed E-state index contributed by atoms with van der Waals surface area (Å²) in [5.74, 6) is -0.302. The van der Waals surface area contributed by atoms with Crippen molar-refractivity contribution in [1.82, 2.24) is 4.90 Å². The molecule has 1 aliphatic rings. The van der Waals surface area contributed by atoms with E-state index in [1.807, 2.05) is 43.3 Å². The third-order valence-electron chi connectivity index (χ3n) is 3.65. The van der Waals surface area contributed by atoms with E-state index in [0.29, 0.717) is 9.93 Å². The van der Waals surface area contributed by atoms with Crippen molar-refractivity contribution >= 4 is 62.2 Å². The van der Waals surface area contributed by atoms with Crippen molar-refractivity contribution in [2.75, 3.05) is 12.0 Å². The van der Waals surface area contributed by atoms with Gasteiger partial charge in [-0.1, -0.05) is 45.7 Å². The molecule has 0 radical (unpaired) electrons. The molecule has 3 rings (SSSR count). The SMILES string of the molecule is Cc1ccc(NCN2C(=O)S/C(=C\c3ccc(Br)cc3)C2=O)cc1Cl. The topological polar surface area (TPSA) is 49.4 Å². The highest BCUT2D eigenvalue weighted by Gasteiger charge is 2.34. The second-order valence-corrected chi connectivity index (χ2v) is 7.78. The van der Waals surface area contributed by atoms with Crippen LogP contribution < -0.4 is 5.32 Å². The number of nitrogens with one attached hydrogen (secondary N) is 1. The summed E-state index contributed by atoms with van der Waals surface area (Å²) in [6.45, 7) is 2.01. The van der Waals surface area contributed by atoms with Gasteiger partial charge in [0.25, 0.3) is 11.1 Å². The maximum Gasteiger partial charge on any atom is 0.295 e. The standard InChI is InChI=1S/C18H14BrClN2O2S/c1-11-2-7-14(9-15(11)20)21-10-22-17(23)16(25-18(22)24)8-12-3-5-13(19)6-4-12/h2-9,21H,10H2,1H3/b16-8-. The molecule has 0 atom stereocenters. The van der Waals surface area contributed by atoms with Crippen molar-refractivity contribution in [3.05, 3.63) is 68.0 Å². The second kappa shape index (κ2) is 7.64. The molecule has 2 amide bonds. The lowest BCUT2D eigenvalue weighted by molar-refractivity contribution is -0.122. The molecule has 1 aliphatic heterocycles. The van der Waals surface area contributed by atoms with Gasteiger partial charge in [-0.25, -0.2) is 0 Å². The Kier molecular flexibility index (Phi) is 5.51. The maximum atomic E-state index is 12.5. The number of thioether (sulfide) groups is 1. The van der Waals surface area contributed by atoms with Gasteiger partial charge in [0.05, 0.1) is 11.6 Å². The summed E-state index contributed by atoms with van der Waals surface area (Å²) in [6, 6.07) is 13.0. The van der Waals surface area contributed by atoms with Gasteiger partial charge < -0.3 is 5.32 Å². The number of carbonyl (C=O) groups is 2. The minimum Gasteiger partial charge on any atom is -0.367 e. The number of imide groups is 1. The lowest BCUT2D eigenvalue weighted by Crippen LogP contribution is -2.33. The van der Waals surface area contributed by atoms with Crippen molar-refractivity contribution < 1.29 is 9.59 Å². The number of aryl methyl sites for hydroxylation is 1. The van der Waals surface area contributed by atoms with Gasteiger partial charge in [0.15, 0.2) is 0 Å². The molecular weight excluding hydrogens is 424 g/mol. The van der Waals surface area contributed by atoms with Gasteiger partial charge in [0, 0.05) is 15.2 Å². The van der Waals surface area contributed by atoms with Crippen molar-refractivity contribution in [2.45, 2.75) is 6.92 Å². The monoisotopic (exact) mass is 436 g/mol. The van der Waals surface area contributed by atoms with E-state index in [-0.39, 0.29) is 17.8 Å². The molecule has 0 spiro atoms. The number of hydrogen-bond donors (Lipinski definition) is 1. The number of carbonyl (C=O) groups excluding carboxylic acids is 2. The number of nitrogens with zero attached hydrogens (tertiary/aromatic N) is 1. The molecule has 1 heterocycles. The molecule has 25 heavy (non-hydrogen) atoms. The van der Waals surface area contributed by atoms with Crippen molar-refractivity contribution in [3.8, 4) is 0 Å². The van der Waals surface area contributed by atoms with Crippen LogP contribution in [0.2, 0.25) is 5.02 Å². The van der Waals surface area contributed by atoms with E-state index in [1.165, 1.54) is 4.90 Å². The number of amides is 2. The predicted molar refractivity (Wildman–Crippen MR) is 107 cm³/mol. The molecule has 1 fully saturated rings. The quantitative estimate of drug-likeness (QED) is 0.640. The highest BCUT2D eigenvalue weighted by molar-refractivity contribution is 9.10. The van der Waals surface area contributed by atoms with Gasteiger partial charge in [-0.05, 0) is 60.2 Å². The Labute approximate surface area is 163 Å². The number of benzene rings is 2. The summed E-state index contributed by atoms with van der Waals surface area (Å²) in [6.07, 6.45) is 1.72. The number of anilines is 1. The lowest BCUT2D eigenvalue weighted by Gasteiger charge is -2.15. The van der Waals surface area contributed by atoms with Crippen LogP contribution in [-0.4, -0.2) is 22.7 Å². The van der Waals surface area contributed by atoms with Gasteiger partial charge in [0.2, 0.25) is 0 Å². The van der Waals surface area contributed by atoms with E-state index in [0.717, 1.165) is 33.0 Å². The van der Waals surface area contributed by atoms with Crippen LogP contribution in [0, 0.1) is 6.92 Å². The van der Waals surface area contributed by atoms with Gasteiger partial charge >= 0.3 is 0 Å². The van der Waals surface area contributed by atoms with Crippen LogP contribution in [0.3, 0.4) is 0 Å². The highest BCUT2D eigenvalue weighted by atomic mass is 79.9. The first-order valence-corrected chi connectivity index (χ1v) is 9.44. The fourth-order valence-electron chi connectivity index (χ4n) is 2.22. The summed E-state index contributed by atoms with van der Waals surface area (Å²) in [7, 11) is 0. The van der Waals surface area contributed by atoms with Gasteiger partial charge in [-0.15, -0.1) is 0 Å². The number of halogens is 2. The normalized spacial score (nSPS) is 16.0. The van der Waals surface area contributed by atoms with Crippen LogP contribution >= 0.6 is 39.3 Å². The molecule has 0 bridgehead atoms. The highest BCUT2D eigenvalue weighted by Crippen LogP contribution is 2.32. The largest absolute Gasteiger partial charge is 0.367 e. The predicted octanol–water partition coefficient (Wildman–Crippen LogP) is 5.52. The van der Waals surface area contributed by atoms with Crippen molar-refractivity contribution in [3.63, 3.8) is 0 Å². The minimum atomic E-state index is -0.302. The Morgan fingerprint density at radius 3 is 2.60 bits per heavy atom. The minimum absolute atomic E-state index is 0.0989. The fraction of sp³-hybridized carbons (Fsp3) is 0.111. The molecule has 0 aliphatic carbocycles. The van der Waals surface area contributed by atoms with Gasteiger partial charge in [-0.2, -0.15) is 0 Å². The van der Waals surface area contributed by atoms with Crippen LogP contribution in [0.4, 0.5) is 10.5 Å². The van der Waals surface area contributed by atoms with E-state index >= 15 is 0 Å². The molecule has 7 heteroatoms. The third kappa shape index (κ3) is 4.26. The van der Waals surface area contributed by atoms with Crippen LogP contribution in [0.15, 0.2) is 51.8 Å². The van der Waals surface area contributed by atoms with E-state index in [2.05, 4.69) is 21.2 Å². The summed E-state index contributed by atoms with van der Waals surface area (Å²) in [4.78, 5) is 26.2. The maximum absolute atomic E-state index is 12.5. The Balaban J connectivity index is 1.70. The number of rotatable bonds is 4. The van der Waals surface area contributed by atoms with Gasteiger partial charge in [0.1, 0.15) is 0 Å². The molecule has 4 nitrogen and oxygen atoms in total. The Bertz CT molecular complexity index is 868.